The number of hydrogen-bond donors (Lipinski definition) is 1. The number of thiophene rings is 1. The van der Waals surface area contributed by atoms with Crippen molar-refractivity contribution in [2.75, 3.05) is 20.2 Å². The molecule has 3 rings (SSSR count). The van der Waals surface area contributed by atoms with Crippen LogP contribution in [0.25, 0.3) is 0 Å². The lowest BCUT2D eigenvalue weighted by Gasteiger charge is -2.25. The van der Waals surface area contributed by atoms with Crippen LogP contribution in [0, 0.1) is 11.3 Å². The van der Waals surface area contributed by atoms with Gasteiger partial charge in [0.2, 0.25) is 5.91 Å². The van der Waals surface area contributed by atoms with Crippen LogP contribution in [0.4, 0.5) is 0 Å². The maximum atomic E-state index is 12.2. The third kappa shape index (κ3) is 2.46. The lowest BCUT2D eigenvalue weighted by atomic mass is 9.81. The smallest absolute Gasteiger partial charge is 0.313 e. The molecule has 1 aromatic rings. The minimum Gasteiger partial charge on any atom is -0.469 e. The number of carbonyl (C=O) groups excluding carboxylic acids is 2. The van der Waals surface area contributed by atoms with Gasteiger partial charge in [-0.25, -0.2) is 0 Å². The van der Waals surface area contributed by atoms with Crippen molar-refractivity contribution >= 4 is 23.2 Å². The third-order valence-electron chi connectivity index (χ3n) is 4.85. The van der Waals surface area contributed by atoms with Crippen LogP contribution >= 0.6 is 11.3 Å². The van der Waals surface area contributed by atoms with E-state index in [-0.39, 0.29) is 17.3 Å². The van der Waals surface area contributed by atoms with Gasteiger partial charge in [0.15, 0.2) is 0 Å². The molecule has 1 amide bonds. The van der Waals surface area contributed by atoms with Gasteiger partial charge < -0.3 is 10.5 Å². The van der Waals surface area contributed by atoms with Crippen molar-refractivity contribution in [2.45, 2.75) is 25.8 Å². The number of likely N-dealkylation sites (tertiary alicyclic amines) is 1. The Bertz CT molecular complexity index is 571. The molecular weight excluding hydrogens is 288 g/mol. The highest BCUT2D eigenvalue weighted by atomic mass is 32.1. The van der Waals surface area contributed by atoms with E-state index < -0.39 is 0 Å². The van der Waals surface area contributed by atoms with Crippen molar-refractivity contribution in [2.24, 2.45) is 17.1 Å². The molecule has 2 aliphatic rings. The molecule has 1 aliphatic heterocycles. The molecule has 2 N–H and O–H groups in total. The topological polar surface area (TPSA) is 72.6 Å². The summed E-state index contributed by atoms with van der Waals surface area (Å²) in [6.07, 6.45) is 3.14. The summed E-state index contributed by atoms with van der Waals surface area (Å²) in [5.41, 5.74) is 5.54. The van der Waals surface area contributed by atoms with Crippen LogP contribution in [0.3, 0.4) is 0 Å². The highest BCUT2D eigenvalue weighted by Gasteiger charge is 2.55. The molecule has 2 heterocycles. The largest absolute Gasteiger partial charge is 0.469 e. The summed E-state index contributed by atoms with van der Waals surface area (Å²) in [6.45, 7) is 2.46. The molecular formula is C15H20N2O3S. The first-order valence-corrected chi connectivity index (χ1v) is 8.11. The van der Waals surface area contributed by atoms with E-state index in [1.165, 1.54) is 7.11 Å². The van der Waals surface area contributed by atoms with Crippen LogP contribution in [-0.2, 0) is 16.1 Å². The molecule has 1 saturated carbocycles. The fraction of sp³-hybridized carbons (Fsp3) is 0.600. The number of carbonyl (C=O) groups is 2. The van der Waals surface area contributed by atoms with Gasteiger partial charge in [0, 0.05) is 29.9 Å². The van der Waals surface area contributed by atoms with E-state index in [0.29, 0.717) is 11.5 Å². The van der Waals surface area contributed by atoms with Crippen LogP contribution < -0.4 is 5.73 Å². The molecule has 0 bridgehead atoms. The molecule has 0 unspecified atom stereocenters. The second kappa shape index (κ2) is 5.42. The number of hydrogen-bond acceptors (Lipinski definition) is 5. The number of nitrogens with zero attached hydrogens (tertiary/aromatic N) is 1. The molecule has 0 radical (unpaired) electrons. The van der Waals surface area contributed by atoms with Crippen molar-refractivity contribution in [1.82, 2.24) is 4.90 Å². The second-order valence-corrected chi connectivity index (χ2v) is 7.07. The second-order valence-electron chi connectivity index (χ2n) is 6.07. The van der Waals surface area contributed by atoms with E-state index in [1.54, 1.807) is 16.7 Å². The molecule has 2 atom stereocenters. The van der Waals surface area contributed by atoms with E-state index in [0.717, 1.165) is 43.8 Å². The Morgan fingerprint density at radius 1 is 1.57 bits per heavy atom. The van der Waals surface area contributed by atoms with Gasteiger partial charge in [-0.1, -0.05) is 6.42 Å². The number of rotatable bonds is 4. The molecule has 1 aromatic heterocycles. The lowest BCUT2D eigenvalue weighted by molar-refractivity contribution is -0.153. The van der Waals surface area contributed by atoms with Gasteiger partial charge in [0.1, 0.15) is 0 Å². The average Bonchev–Trinajstić information content (AvgIpc) is 3.11. The van der Waals surface area contributed by atoms with Gasteiger partial charge >= 0.3 is 5.97 Å². The molecule has 0 aromatic carbocycles. The first kappa shape index (κ1) is 14.5. The number of fused-ring (bicyclic) bond motifs is 1. The quantitative estimate of drug-likeness (QED) is 0.858. The summed E-state index contributed by atoms with van der Waals surface area (Å²) in [5, 5.41) is 1.80. The first-order valence-electron chi connectivity index (χ1n) is 7.23. The Hall–Kier alpha value is -1.40. The standard InChI is InChI=1S/C15H20N2O3S/c1-20-14(19)15-4-2-3-11(15)6-17(9-15)7-12-5-10(8-21-12)13(16)18/h5,8,11H,2-4,6-7,9H2,1H3,(H2,16,18)/t11-,15+/m1/s1. The molecule has 21 heavy (non-hydrogen) atoms. The normalized spacial score (nSPS) is 28.5. The zero-order chi connectivity index (χ0) is 15.0. The number of esters is 1. The van der Waals surface area contributed by atoms with Gasteiger partial charge in [0.25, 0.3) is 0 Å². The molecule has 1 saturated heterocycles. The summed E-state index contributed by atoms with van der Waals surface area (Å²) in [5.74, 6) is -0.0427. The Labute approximate surface area is 128 Å². The summed E-state index contributed by atoms with van der Waals surface area (Å²) in [7, 11) is 1.48. The summed E-state index contributed by atoms with van der Waals surface area (Å²) >= 11 is 1.55. The highest BCUT2D eigenvalue weighted by Crippen LogP contribution is 2.49. The van der Waals surface area contributed by atoms with Crippen LogP contribution in [0.15, 0.2) is 11.4 Å². The maximum absolute atomic E-state index is 12.2. The minimum absolute atomic E-state index is 0.0588. The van der Waals surface area contributed by atoms with Crippen LogP contribution in [0.2, 0.25) is 0 Å². The monoisotopic (exact) mass is 308 g/mol. The number of ether oxygens (including phenoxy) is 1. The maximum Gasteiger partial charge on any atom is 0.313 e. The first-order chi connectivity index (χ1) is 10.0. The molecule has 114 valence electrons. The van der Waals surface area contributed by atoms with Crippen molar-refractivity contribution in [3.63, 3.8) is 0 Å². The number of primary amides is 1. The van der Waals surface area contributed by atoms with Crippen LogP contribution in [-0.4, -0.2) is 37.0 Å². The Kier molecular flexibility index (Phi) is 3.75. The van der Waals surface area contributed by atoms with E-state index in [4.69, 9.17) is 10.5 Å². The van der Waals surface area contributed by atoms with Gasteiger partial charge in [-0.2, -0.15) is 0 Å². The van der Waals surface area contributed by atoms with Gasteiger partial charge in [0.05, 0.1) is 18.1 Å². The number of nitrogens with two attached hydrogens (primary N) is 1. The number of amides is 1. The lowest BCUT2D eigenvalue weighted by Crippen LogP contribution is -2.36. The molecule has 0 spiro atoms. The van der Waals surface area contributed by atoms with Gasteiger partial charge in [-0.05, 0) is 24.8 Å². The van der Waals surface area contributed by atoms with Crippen LogP contribution in [0.5, 0.6) is 0 Å². The predicted octanol–water partition coefficient (Wildman–Crippen LogP) is 1.62. The van der Waals surface area contributed by atoms with Gasteiger partial charge in [-0.15, -0.1) is 11.3 Å². The average molecular weight is 308 g/mol. The van der Waals surface area contributed by atoms with E-state index in [9.17, 15) is 9.59 Å². The van der Waals surface area contributed by atoms with Crippen molar-refractivity contribution in [3.8, 4) is 0 Å². The van der Waals surface area contributed by atoms with Crippen molar-refractivity contribution < 1.29 is 14.3 Å². The highest BCUT2D eigenvalue weighted by molar-refractivity contribution is 7.10. The SMILES string of the molecule is COC(=O)[C@]12CCC[C@@H]1CN(Cc1cc(C(N)=O)cs1)C2. The minimum atomic E-state index is -0.387. The van der Waals surface area contributed by atoms with E-state index in [1.807, 2.05) is 6.07 Å². The van der Waals surface area contributed by atoms with Crippen molar-refractivity contribution in [1.29, 1.82) is 0 Å². The fourth-order valence-corrected chi connectivity index (χ4v) is 4.78. The Balaban J connectivity index is 1.71. The van der Waals surface area contributed by atoms with Gasteiger partial charge in [-0.3, -0.25) is 14.5 Å². The van der Waals surface area contributed by atoms with E-state index in [2.05, 4.69) is 4.90 Å². The summed E-state index contributed by atoms with van der Waals surface area (Å²) < 4.78 is 5.05. The summed E-state index contributed by atoms with van der Waals surface area (Å²) in [6, 6.07) is 1.85. The fourth-order valence-electron chi connectivity index (χ4n) is 3.86. The predicted molar refractivity (Wildman–Crippen MR) is 79.9 cm³/mol. The Morgan fingerprint density at radius 2 is 2.38 bits per heavy atom. The molecule has 1 aliphatic carbocycles. The van der Waals surface area contributed by atoms with Crippen molar-refractivity contribution in [3.05, 3.63) is 21.9 Å². The zero-order valence-electron chi connectivity index (χ0n) is 12.1. The molecule has 5 nitrogen and oxygen atoms in total. The number of methoxy groups -OCH3 is 1. The van der Waals surface area contributed by atoms with E-state index >= 15 is 0 Å². The Morgan fingerprint density at radius 3 is 3.05 bits per heavy atom. The summed E-state index contributed by atoms with van der Waals surface area (Å²) in [4.78, 5) is 26.8. The molecule has 6 heteroatoms. The third-order valence-corrected chi connectivity index (χ3v) is 5.77. The zero-order valence-corrected chi connectivity index (χ0v) is 12.9. The van der Waals surface area contributed by atoms with Crippen LogP contribution in [0.1, 0.15) is 34.5 Å². The molecule has 2 fully saturated rings.